The van der Waals surface area contributed by atoms with E-state index in [2.05, 4.69) is 15.9 Å². The van der Waals surface area contributed by atoms with Gasteiger partial charge in [0, 0.05) is 20.9 Å². The highest BCUT2D eigenvalue weighted by Gasteiger charge is 2.44. The minimum absolute atomic E-state index is 0.0428. The monoisotopic (exact) mass is 225 g/mol. The van der Waals surface area contributed by atoms with E-state index in [-0.39, 0.29) is 19.5 Å². The average Bonchev–Trinajstić information content (AvgIpc) is 1.95. The van der Waals surface area contributed by atoms with Crippen LogP contribution in [-0.2, 0) is 9.47 Å². The Kier molecular flexibility index (Phi) is 2.46. The van der Waals surface area contributed by atoms with Crippen LogP contribution in [0.1, 0.15) is 6.92 Å². The Balaban J connectivity index is 2.55. The Morgan fingerprint density at radius 2 is 2.09 bits per heavy atom. The van der Waals surface area contributed by atoms with Crippen molar-refractivity contribution in [2.45, 2.75) is 17.7 Å². The van der Waals surface area contributed by atoms with E-state index in [0.29, 0.717) is 0 Å². The summed E-state index contributed by atoms with van der Waals surface area (Å²) in [7, 11) is 0. The van der Waals surface area contributed by atoms with Crippen molar-refractivity contribution in [3.05, 3.63) is 10.1 Å². The summed E-state index contributed by atoms with van der Waals surface area (Å²) in [6.07, 6.45) is -0.347. The van der Waals surface area contributed by atoms with Crippen molar-refractivity contribution < 1.29 is 14.4 Å². The summed E-state index contributed by atoms with van der Waals surface area (Å²) in [5, 5.41) is 10.4. The molecule has 11 heavy (non-hydrogen) atoms. The number of rotatable bonds is 1. The molecule has 0 aromatic carbocycles. The molecule has 0 spiro atoms. The Morgan fingerprint density at radius 3 is 2.45 bits per heavy atom. The van der Waals surface area contributed by atoms with Gasteiger partial charge in [0.2, 0.25) is 0 Å². The SMILES string of the molecule is CC1OCC(Br)([N+](=O)[O-])CO1. The molecule has 1 aliphatic rings. The quantitative estimate of drug-likeness (QED) is 0.286. The van der Waals surface area contributed by atoms with E-state index >= 15 is 0 Å². The molecular weight excluding hydrogens is 218 g/mol. The van der Waals surface area contributed by atoms with Crippen molar-refractivity contribution in [1.29, 1.82) is 0 Å². The molecule has 0 aliphatic carbocycles. The molecule has 0 radical (unpaired) electrons. The highest BCUT2D eigenvalue weighted by molar-refractivity contribution is 9.10. The molecule has 1 rings (SSSR count). The molecular formula is C5H8BrNO4. The molecule has 1 aliphatic heterocycles. The number of alkyl halides is 1. The summed E-state index contributed by atoms with van der Waals surface area (Å²) in [5.41, 5.74) is 0. The van der Waals surface area contributed by atoms with Crippen LogP contribution in [-0.4, -0.2) is 28.9 Å². The number of nitrogens with zero attached hydrogens (tertiary/aromatic N) is 1. The van der Waals surface area contributed by atoms with Crippen LogP contribution < -0.4 is 0 Å². The first-order valence-electron chi connectivity index (χ1n) is 3.11. The standard InChI is InChI=1S/C5H8BrNO4/c1-4-10-2-5(6,3-11-4)7(8)9/h4H,2-3H2,1H3. The maximum atomic E-state index is 10.4. The van der Waals surface area contributed by atoms with E-state index in [9.17, 15) is 10.1 Å². The first-order valence-corrected chi connectivity index (χ1v) is 3.90. The minimum atomic E-state index is -1.25. The Labute approximate surface area is 71.9 Å². The molecule has 0 saturated carbocycles. The lowest BCUT2D eigenvalue weighted by Gasteiger charge is -2.27. The third-order valence-corrected chi connectivity index (χ3v) is 2.15. The summed E-state index contributed by atoms with van der Waals surface area (Å²) in [6.45, 7) is 1.79. The second-order valence-corrected chi connectivity index (χ2v) is 3.84. The topological polar surface area (TPSA) is 61.6 Å². The second-order valence-electron chi connectivity index (χ2n) is 2.36. The van der Waals surface area contributed by atoms with Gasteiger partial charge in [-0.15, -0.1) is 0 Å². The van der Waals surface area contributed by atoms with E-state index in [1.54, 1.807) is 6.92 Å². The van der Waals surface area contributed by atoms with Gasteiger partial charge in [-0.1, -0.05) is 0 Å². The zero-order chi connectivity index (χ0) is 8.48. The molecule has 0 unspecified atom stereocenters. The van der Waals surface area contributed by atoms with Gasteiger partial charge in [0.25, 0.3) is 0 Å². The minimum Gasteiger partial charge on any atom is -0.344 e. The van der Waals surface area contributed by atoms with Gasteiger partial charge >= 0.3 is 4.45 Å². The van der Waals surface area contributed by atoms with E-state index in [4.69, 9.17) is 9.47 Å². The Hall–Kier alpha value is -0.200. The van der Waals surface area contributed by atoms with Crippen LogP contribution in [0.25, 0.3) is 0 Å². The molecule has 1 heterocycles. The summed E-state index contributed by atoms with van der Waals surface area (Å²) in [5.74, 6) is 0. The number of halogens is 1. The smallest absolute Gasteiger partial charge is 0.320 e. The van der Waals surface area contributed by atoms with Crippen LogP contribution >= 0.6 is 15.9 Å². The fraction of sp³-hybridized carbons (Fsp3) is 1.00. The predicted molar refractivity (Wildman–Crippen MR) is 40.0 cm³/mol. The normalized spacial score (nSPS) is 38.5. The molecule has 0 aromatic rings. The lowest BCUT2D eigenvalue weighted by atomic mass is 10.3. The van der Waals surface area contributed by atoms with Gasteiger partial charge in [0.05, 0.1) is 0 Å². The van der Waals surface area contributed by atoms with Crippen molar-refractivity contribution in [2.75, 3.05) is 13.2 Å². The number of nitro groups is 1. The van der Waals surface area contributed by atoms with Crippen molar-refractivity contribution in [3.63, 3.8) is 0 Å². The molecule has 0 aromatic heterocycles. The van der Waals surface area contributed by atoms with Crippen molar-refractivity contribution in [3.8, 4) is 0 Å². The van der Waals surface area contributed by atoms with Crippen LogP contribution in [0.5, 0.6) is 0 Å². The second kappa shape index (κ2) is 3.04. The Morgan fingerprint density at radius 1 is 1.64 bits per heavy atom. The van der Waals surface area contributed by atoms with Gasteiger partial charge in [0.1, 0.15) is 13.2 Å². The maximum Gasteiger partial charge on any atom is 0.320 e. The van der Waals surface area contributed by atoms with Crippen molar-refractivity contribution in [1.82, 2.24) is 0 Å². The fourth-order valence-electron chi connectivity index (χ4n) is 0.685. The first-order chi connectivity index (χ1) is 5.04. The van der Waals surface area contributed by atoms with Crippen LogP contribution in [0.15, 0.2) is 0 Å². The van der Waals surface area contributed by atoms with E-state index in [1.807, 2.05) is 0 Å². The lowest BCUT2D eigenvalue weighted by molar-refractivity contribution is -0.556. The van der Waals surface area contributed by atoms with Crippen molar-refractivity contribution in [2.24, 2.45) is 0 Å². The van der Waals surface area contributed by atoms with Crippen LogP contribution in [0.4, 0.5) is 0 Å². The molecule has 0 bridgehead atoms. The maximum absolute atomic E-state index is 10.4. The number of hydrogen-bond acceptors (Lipinski definition) is 4. The zero-order valence-electron chi connectivity index (χ0n) is 5.95. The van der Waals surface area contributed by atoms with Gasteiger partial charge in [-0.3, -0.25) is 10.1 Å². The summed E-state index contributed by atoms with van der Waals surface area (Å²) in [6, 6.07) is 0. The summed E-state index contributed by atoms with van der Waals surface area (Å²) in [4.78, 5) is 9.94. The molecule has 0 atom stereocenters. The molecule has 6 heteroatoms. The van der Waals surface area contributed by atoms with Crippen LogP contribution in [0.2, 0.25) is 0 Å². The highest BCUT2D eigenvalue weighted by atomic mass is 79.9. The third-order valence-electron chi connectivity index (χ3n) is 1.41. The average molecular weight is 226 g/mol. The first kappa shape index (κ1) is 8.89. The molecule has 5 nitrogen and oxygen atoms in total. The molecule has 0 amide bonds. The summed E-state index contributed by atoms with van der Waals surface area (Å²) >= 11 is 2.94. The Bertz CT molecular complexity index is 166. The van der Waals surface area contributed by atoms with Crippen LogP contribution in [0.3, 0.4) is 0 Å². The zero-order valence-corrected chi connectivity index (χ0v) is 7.54. The largest absolute Gasteiger partial charge is 0.344 e. The third kappa shape index (κ3) is 1.88. The molecule has 1 saturated heterocycles. The van der Waals surface area contributed by atoms with Crippen molar-refractivity contribution >= 4 is 15.9 Å². The number of ether oxygens (including phenoxy) is 2. The number of hydrogen-bond donors (Lipinski definition) is 0. The predicted octanol–water partition coefficient (Wildman–Crippen LogP) is 0.747. The van der Waals surface area contributed by atoms with Crippen LogP contribution in [0, 0.1) is 10.1 Å². The van der Waals surface area contributed by atoms with Gasteiger partial charge in [0.15, 0.2) is 6.29 Å². The highest BCUT2D eigenvalue weighted by Crippen LogP contribution is 2.24. The molecule has 64 valence electrons. The van der Waals surface area contributed by atoms with Gasteiger partial charge < -0.3 is 9.47 Å². The van der Waals surface area contributed by atoms with E-state index in [1.165, 1.54) is 0 Å². The fourth-order valence-corrected chi connectivity index (χ4v) is 0.950. The van der Waals surface area contributed by atoms with Gasteiger partial charge in [-0.2, -0.15) is 0 Å². The summed E-state index contributed by atoms with van der Waals surface area (Å²) < 4.78 is 8.64. The molecule has 1 fully saturated rings. The van der Waals surface area contributed by atoms with E-state index in [0.717, 1.165) is 0 Å². The van der Waals surface area contributed by atoms with E-state index < -0.39 is 9.37 Å². The molecule has 0 N–H and O–H groups in total. The van der Waals surface area contributed by atoms with Gasteiger partial charge in [-0.05, 0) is 6.92 Å². The lowest BCUT2D eigenvalue weighted by Crippen LogP contribution is -2.47. The van der Waals surface area contributed by atoms with Gasteiger partial charge in [-0.25, -0.2) is 0 Å².